The SMILES string of the molecule is [c]1ccc(Sc2cccnc2)nc1. The Morgan fingerprint density at radius 2 is 2.31 bits per heavy atom. The summed E-state index contributed by atoms with van der Waals surface area (Å²) in [5.74, 6) is 0. The van der Waals surface area contributed by atoms with Gasteiger partial charge in [-0.25, -0.2) is 4.98 Å². The molecule has 13 heavy (non-hydrogen) atoms. The lowest BCUT2D eigenvalue weighted by Gasteiger charge is -1.97. The quantitative estimate of drug-likeness (QED) is 0.722. The largest absolute Gasteiger partial charge is 0.264 e. The summed E-state index contributed by atoms with van der Waals surface area (Å²) in [6.07, 6.45) is 5.25. The van der Waals surface area contributed by atoms with E-state index >= 15 is 0 Å². The van der Waals surface area contributed by atoms with Gasteiger partial charge in [-0.1, -0.05) is 17.8 Å². The van der Waals surface area contributed by atoms with E-state index in [1.54, 1.807) is 24.2 Å². The third kappa shape index (κ3) is 2.29. The Bertz CT molecular complexity index is 324. The Kier molecular flexibility index (Phi) is 2.57. The molecule has 0 aliphatic carbocycles. The highest BCUT2D eigenvalue weighted by atomic mass is 32.2. The number of aromatic nitrogens is 2. The molecule has 1 radical (unpaired) electrons. The molecule has 0 unspecified atom stereocenters. The van der Waals surface area contributed by atoms with Crippen LogP contribution in [0.1, 0.15) is 0 Å². The Labute approximate surface area is 81.1 Å². The van der Waals surface area contributed by atoms with Gasteiger partial charge in [0.1, 0.15) is 5.03 Å². The highest BCUT2D eigenvalue weighted by Crippen LogP contribution is 2.23. The molecular weight excluding hydrogens is 180 g/mol. The molecule has 2 heterocycles. The first-order valence-corrected chi connectivity index (χ1v) is 4.67. The van der Waals surface area contributed by atoms with Crippen molar-refractivity contribution in [2.24, 2.45) is 0 Å². The summed E-state index contributed by atoms with van der Waals surface area (Å²) in [6, 6.07) is 10.6. The van der Waals surface area contributed by atoms with Crippen molar-refractivity contribution >= 4 is 11.8 Å². The summed E-state index contributed by atoms with van der Waals surface area (Å²) in [6.45, 7) is 0. The van der Waals surface area contributed by atoms with E-state index in [1.807, 2.05) is 30.5 Å². The maximum atomic E-state index is 4.15. The number of hydrogen-bond donors (Lipinski definition) is 0. The van der Waals surface area contributed by atoms with Gasteiger partial charge in [-0.2, -0.15) is 0 Å². The molecule has 63 valence electrons. The molecule has 0 aliphatic rings. The first-order chi connectivity index (χ1) is 6.45. The van der Waals surface area contributed by atoms with E-state index < -0.39 is 0 Å². The maximum absolute atomic E-state index is 4.15. The van der Waals surface area contributed by atoms with Crippen LogP contribution in [0.25, 0.3) is 0 Å². The van der Waals surface area contributed by atoms with E-state index in [-0.39, 0.29) is 0 Å². The van der Waals surface area contributed by atoms with E-state index in [0.717, 1.165) is 9.92 Å². The van der Waals surface area contributed by atoms with Crippen LogP contribution in [0.2, 0.25) is 0 Å². The van der Waals surface area contributed by atoms with Gasteiger partial charge in [0.05, 0.1) is 0 Å². The normalized spacial score (nSPS) is 9.85. The van der Waals surface area contributed by atoms with Crippen LogP contribution in [0.5, 0.6) is 0 Å². The fourth-order valence-corrected chi connectivity index (χ4v) is 1.64. The van der Waals surface area contributed by atoms with Gasteiger partial charge in [0, 0.05) is 29.6 Å². The average Bonchev–Trinajstić information content (AvgIpc) is 2.21. The van der Waals surface area contributed by atoms with Gasteiger partial charge in [-0.3, -0.25) is 4.98 Å². The molecule has 0 aromatic carbocycles. The van der Waals surface area contributed by atoms with Crippen LogP contribution in [0, 0.1) is 6.07 Å². The van der Waals surface area contributed by atoms with Gasteiger partial charge in [0.2, 0.25) is 0 Å². The molecular formula is C10H7N2S. The Balaban J connectivity index is 2.16. The van der Waals surface area contributed by atoms with Crippen LogP contribution in [-0.4, -0.2) is 9.97 Å². The van der Waals surface area contributed by atoms with Crippen molar-refractivity contribution in [3.05, 3.63) is 48.9 Å². The third-order valence-electron chi connectivity index (χ3n) is 1.45. The van der Waals surface area contributed by atoms with Gasteiger partial charge >= 0.3 is 0 Å². The van der Waals surface area contributed by atoms with E-state index in [4.69, 9.17) is 0 Å². The molecule has 0 fully saturated rings. The fourth-order valence-electron chi connectivity index (χ4n) is 0.895. The smallest absolute Gasteiger partial charge is 0.101 e. The monoisotopic (exact) mass is 187 g/mol. The minimum absolute atomic E-state index is 0.965. The number of nitrogens with zero attached hydrogens (tertiary/aromatic N) is 2. The highest BCUT2D eigenvalue weighted by Gasteiger charge is 1.95. The zero-order valence-electron chi connectivity index (χ0n) is 6.84. The number of hydrogen-bond acceptors (Lipinski definition) is 3. The van der Waals surface area contributed by atoms with Gasteiger partial charge in [0.25, 0.3) is 0 Å². The van der Waals surface area contributed by atoms with Crippen molar-refractivity contribution < 1.29 is 0 Å². The highest BCUT2D eigenvalue weighted by molar-refractivity contribution is 7.99. The number of rotatable bonds is 2. The maximum Gasteiger partial charge on any atom is 0.101 e. The van der Waals surface area contributed by atoms with Gasteiger partial charge < -0.3 is 0 Å². The molecule has 0 bridgehead atoms. The lowest BCUT2D eigenvalue weighted by atomic mass is 10.5. The first-order valence-electron chi connectivity index (χ1n) is 3.85. The second-order valence-corrected chi connectivity index (χ2v) is 3.48. The Hall–Kier alpha value is -1.35. The van der Waals surface area contributed by atoms with Crippen LogP contribution >= 0.6 is 11.8 Å². The molecule has 3 heteroatoms. The minimum atomic E-state index is 0.965. The molecule has 0 saturated heterocycles. The fraction of sp³-hybridized carbons (Fsp3) is 0. The lowest BCUT2D eigenvalue weighted by Crippen LogP contribution is -1.78. The van der Waals surface area contributed by atoms with Gasteiger partial charge in [-0.15, -0.1) is 0 Å². The van der Waals surface area contributed by atoms with Crippen molar-refractivity contribution in [3.8, 4) is 0 Å². The molecule has 0 amide bonds. The second kappa shape index (κ2) is 4.05. The summed E-state index contributed by atoms with van der Waals surface area (Å²) in [4.78, 5) is 9.28. The van der Waals surface area contributed by atoms with E-state index in [9.17, 15) is 0 Å². The van der Waals surface area contributed by atoms with Crippen LogP contribution < -0.4 is 0 Å². The molecule has 2 aromatic rings. The summed E-state index contributed by atoms with van der Waals surface area (Å²) >= 11 is 1.59. The van der Waals surface area contributed by atoms with Gasteiger partial charge in [0.15, 0.2) is 0 Å². The van der Waals surface area contributed by atoms with Crippen molar-refractivity contribution in [2.75, 3.05) is 0 Å². The summed E-state index contributed by atoms with van der Waals surface area (Å²) in [7, 11) is 0. The summed E-state index contributed by atoms with van der Waals surface area (Å²) in [5, 5.41) is 0.965. The minimum Gasteiger partial charge on any atom is -0.264 e. The zero-order valence-corrected chi connectivity index (χ0v) is 7.66. The summed E-state index contributed by atoms with van der Waals surface area (Å²) in [5.41, 5.74) is 0. The van der Waals surface area contributed by atoms with E-state index in [0.29, 0.717) is 0 Å². The van der Waals surface area contributed by atoms with E-state index in [2.05, 4.69) is 16.0 Å². The Morgan fingerprint density at radius 3 is 3.00 bits per heavy atom. The predicted molar refractivity (Wildman–Crippen MR) is 51.4 cm³/mol. The molecule has 2 rings (SSSR count). The van der Waals surface area contributed by atoms with Crippen LogP contribution in [0.15, 0.2) is 52.8 Å². The molecule has 2 nitrogen and oxygen atoms in total. The van der Waals surface area contributed by atoms with Crippen molar-refractivity contribution in [2.45, 2.75) is 9.92 Å². The third-order valence-corrected chi connectivity index (χ3v) is 2.37. The van der Waals surface area contributed by atoms with Crippen LogP contribution in [-0.2, 0) is 0 Å². The second-order valence-electron chi connectivity index (χ2n) is 2.39. The molecule has 0 saturated carbocycles. The van der Waals surface area contributed by atoms with Crippen molar-refractivity contribution in [3.63, 3.8) is 0 Å². The average molecular weight is 187 g/mol. The number of pyridine rings is 2. The molecule has 0 N–H and O–H groups in total. The van der Waals surface area contributed by atoms with Crippen LogP contribution in [0.3, 0.4) is 0 Å². The topological polar surface area (TPSA) is 25.8 Å². The van der Waals surface area contributed by atoms with Crippen molar-refractivity contribution in [1.29, 1.82) is 0 Å². The standard InChI is InChI=1S/C10H7N2S/c1-2-7-12-10(5-1)13-9-4-3-6-11-8-9/h1,3-8H. The summed E-state index contributed by atoms with van der Waals surface area (Å²) < 4.78 is 0. The van der Waals surface area contributed by atoms with Crippen LogP contribution in [0.4, 0.5) is 0 Å². The molecule has 0 aliphatic heterocycles. The molecule has 2 aromatic heterocycles. The Morgan fingerprint density at radius 1 is 1.31 bits per heavy atom. The first kappa shape index (κ1) is 8.26. The van der Waals surface area contributed by atoms with E-state index in [1.165, 1.54) is 0 Å². The predicted octanol–water partition coefficient (Wildman–Crippen LogP) is 2.43. The van der Waals surface area contributed by atoms with Gasteiger partial charge in [-0.05, 0) is 18.2 Å². The lowest BCUT2D eigenvalue weighted by molar-refractivity contribution is 1.12. The zero-order chi connectivity index (χ0) is 8.93. The molecule has 0 atom stereocenters. The van der Waals surface area contributed by atoms with Crippen molar-refractivity contribution in [1.82, 2.24) is 9.97 Å². The molecule has 0 spiro atoms.